The van der Waals surface area contributed by atoms with Gasteiger partial charge < -0.3 is 33.6 Å². The van der Waals surface area contributed by atoms with E-state index in [-0.39, 0.29) is 42.8 Å². The molecule has 1 aromatic heterocycles. The van der Waals surface area contributed by atoms with Crippen molar-refractivity contribution in [3.8, 4) is 5.75 Å². The summed E-state index contributed by atoms with van der Waals surface area (Å²) in [5.74, 6) is -1.29. The third kappa shape index (κ3) is 7.15. The molecular weight excluding hydrogens is 604 g/mol. The van der Waals surface area contributed by atoms with Gasteiger partial charge in [0.2, 0.25) is 0 Å². The van der Waals surface area contributed by atoms with Crippen LogP contribution < -0.4 is 10.4 Å². The molecule has 3 aliphatic heterocycles. The maximum Gasteiger partial charge on any atom is 0.340 e. The first-order chi connectivity index (χ1) is 22.5. The number of aryl methyl sites for hydroxylation is 2. The predicted octanol–water partition coefficient (Wildman–Crippen LogP) is 5.37. The molecule has 3 unspecified atom stereocenters. The Hall–Kier alpha value is -3.99. The van der Waals surface area contributed by atoms with Gasteiger partial charge in [0.25, 0.3) is 0 Å². The summed E-state index contributed by atoms with van der Waals surface area (Å²) in [6.07, 6.45) is 0.334. The number of aliphatic hydroxyl groups excluding tert-OH is 2. The van der Waals surface area contributed by atoms with Gasteiger partial charge in [-0.2, -0.15) is 0 Å². The fourth-order valence-electron chi connectivity index (χ4n) is 6.66. The van der Waals surface area contributed by atoms with E-state index in [9.17, 15) is 24.6 Å². The number of allylic oxidation sites excluding steroid dienone is 1. The molecule has 0 saturated carbocycles. The zero-order chi connectivity index (χ0) is 33.9. The molecule has 2 N–H and O–H groups in total. The molecule has 3 aliphatic rings. The summed E-state index contributed by atoms with van der Waals surface area (Å²) in [6.45, 7) is 6.65. The maximum absolute atomic E-state index is 13.9. The Morgan fingerprint density at radius 3 is 2.30 bits per heavy atom. The van der Waals surface area contributed by atoms with Gasteiger partial charge in [-0.3, -0.25) is 4.79 Å². The van der Waals surface area contributed by atoms with Crippen molar-refractivity contribution in [3.63, 3.8) is 0 Å². The zero-order valence-corrected chi connectivity index (χ0v) is 27.7. The molecule has 2 bridgehead atoms. The number of aliphatic hydroxyl groups is 2. The summed E-state index contributed by atoms with van der Waals surface area (Å²) in [5, 5.41) is 20.7. The van der Waals surface area contributed by atoms with Gasteiger partial charge >= 0.3 is 17.6 Å². The molecule has 47 heavy (non-hydrogen) atoms. The van der Waals surface area contributed by atoms with Gasteiger partial charge in [0.15, 0.2) is 12.2 Å². The Balaban J connectivity index is 1.68. The molecule has 0 fully saturated rings. The smallest absolute Gasteiger partial charge is 0.340 e. The summed E-state index contributed by atoms with van der Waals surface area (Å²) in [5.41, 5.74) is 2.44. The van der Waals surface area contributed by atoms with Crippen LogP contribution in [0.15, 0.2) is 56.8 Å². The fourth-order valence-corrected chi connectivity index (χ4v) is 6.66. The highest BCUT2D eigenvalue weighted by atomic mass is 16.6. The van der Waals surface area contributed by atoms with Crippen LogP contribution in [0.3, 0.4) is 0 Å². The third-order valence-corrected chi connectivity index (χ3v) is 9.13. The van der Waals surface area contributed by atoms with E-state index in [1.165, 1.54) is 7.11 Å². The molecule has 4 heterocycles. The number of esters is 2. The summed E-state index contributed by atoms with van der Waals surface area (Å²) < 4.78 is 30.1. The number of benzene rings is 2. The molecule has 2 aromatic carbocycles. The van der Waals surface area contributed by atoms with Gasteiger partial charge in [0.1, 0.15) is 16.9 Å². The SMILES string of the molecule is COCC(CCO)c1c(CO)c2ccc3c(c2oc1=O)C1OC(=O)CCCc2ccc(cc2)CCC(=C(C)C)C(=O)OC1C(C)(C)O3. The quantitative estimate of drug-likeness (QED) is 0.204. The second kappa shape index (κ2) is 14.4. The van der Waals surface area contributed by atoms with Gasteiger partial charge in [-0.15, -0.1) is 0 Å². The van der Waals surface area contributed by atoms with E-state index in [4.69, 9.17) is 23.4 Å². The number of ether oxygens (including phenoxy) is 4. The first kappa shape index (κ1) is 34.3. The van der Waals surface area contributed by atoms with Crippen LogP contribution >= 0.6 is 0 Å². The van der Waals surface area contributed by atoms with Crippen LogP contribution in [-0.4, -0.2) is 54.2 Å². The summed E-state index contributed by atoms with van der Waals surface area (Å²) in [7, 11) is 1.49. The Bertz CT molecular complexity index is 1710. The third-order valence-electron chi connectivity index (χ3n) is 9.13. The van der Waals surface area contributed by atoms with Crippen molar-refractivity contribution in [2.24, 2.45) is 0 Å². The van der Waals surface area contributed by atoms with Crippen LogP contribution in [0.2, 0.25) is 0 Å². The summed E-state index contributed by atoms with van der Waals surface area (Å²) in [4.78, 5) is 41.0. The lowest BCUT2D eigenvalue weighted by atomic mass is 9.85. The van der Waals surface area contributed by atoms with E-state index in [2.05, 4.69) is 0 Å². The Morgan fingerprint density at radius 1 is 0.957 bits per heavy atom. The van der Waals surface area contributed by atoms with Crippen LogP contribution in [0, 0.1) is 0 Å². The van der Waals surface area contributed by atoms with Gasteiger partial charge in [-0.1, -0.05) is 29.8 Å². The van der Waals surface area contributed by atoms with Crippen LogP contribution in [0.25, 0.3) is 11.0 Å². The van der Waals surface area contributed by atoms with Gasteiger partial charge in [0, 0.05) is 42.6 Å². The predicted molar refractivity (Wildman–Crippen MR) is 174 cm³/mol. The van der Waals surface area contributed by atoms with E-state index < -0.39 is 47.9 Å². The molecule has 10 heteroatoms. The topological polar surface area (TPSA) is 142 Å². The lowest BCUT2D eigenvalue weighted by Crippen LogP contribution is -2.52. The second-order valence-electron chi connectivity index (χ2n) is 13.0. The van der Waals surface area contributed by atoms with Crippen molar-refractivity contribution in [1.29, 1.82) is 0 Å². The van der Waals surface area contributed by atoms with Crippen LogP contribution in [-0.2, 0) is 43.2 Å². The summed E-state index contributed by atoms with van der Waals surface area (Å²) >= 11 is 0. The maximum atomic E-state index is 13.9. The van der Waals surface area contributed by atoms with Crippen molar-refractivity contribution in [3.05, 3.63) is 85.8 Å². The number of rotatable bonds is 6. The number of carbonyl (C=O) groups is 2. The van der Waals surface area contributed by atoms with E-state index in [1.807, 2.05) is 38.1 Å². The average Bonchev–Trinajstić information content (AvgIpc) is 3.01. The second-order valence-corrected chi connectivity index (χ2v) is 13.0. The van der Waals surface area contributed by atoms with Crippen molar-refractivity contribution in [2.75, 3.05) is 20.3 Å². The van der Waals surface area contributed by atoms with Crippen LogP contribution in [0.4, 0.5) is 0 Å². The average molecular weight is 649 g/mol. The Kier molecular flexibility index (Phi) is 10.5. The molecule has 0 saturated heterocycles. The normalized spacial score (nSPS) is 20.5. The minimum absolute atomic E-state index is 0.0613. The fraction of sp³-hybridized carbons (Fsp3) is 0.486. The van der Waals surface area contributed by atoms with E-state index in [0.29, 0.717) is 48.0 Å². The van der Waals surface area contributed by atoms with E-state index in [1.54, 1.807) is 26.0 Å². The monoisotopic (exact) mass is 648 g/mol. The molecule has 3 aromatic rings. The Labute approximate surface area is 274 Å². The number of hydrogen-bond donors (Lipinski definition) is 2. The molecular formula is C37H44O10. The summed E-state index contributed by atoms with van der Waals surface area (Å²) in [6, 6.07) is 11.5. The standard InChI is InChI=1S/C37H44O10/c1-21(2)25-14-13-23-11-9-22(10-12-23)7-6-8-29(40)44-33-31-28(47-37(3,4)34(33)46-35(25)41)16-15-26-27(19-39)30(36(42)45-32(26)31)24(17-18-38)20-43-5/h9-12,15-16,24,33-34,38-39H,6-8,13-14,17-20H2,1-5H3. The molecule has 0 radical (unpaired) electrons. The van der Waals surface area contributed by atoms with Crippen molar-refractivity contribution in [1.82, 2.24) is 0 Å². The first-order valence-corrected chi connectivity index (χ1v) is 16.2. The van der Waals surface area contributed by atoms with Crippen molar-refractivity contribution >= 4 is 22.9 Å². The Morgan fingerprint density at radius 2 is 1.66 bits per heavy atom. The van der Waals surface area contributed by atoms with Crippen molar-refractivity contribution < 1.29 is 43.2 Å². The number of fused-ring (bicyclic) bond motifs is 13. The molecule has 6 rings (SSSR count). The van der Waals surface area contributed by atoms with Crippen LogP contribution in [0.5, 0.6) is 5.75 Å². The van der Waals surface area contributed by atoms with Gasteiger partial charge in [-0.25, -0.2) is 9.59 Å². The largest absolute Gasteiger partial charge is 0.483 e. The molecule has 0 amide bonds. The lowest BCUT2D eigenvalue weighted by Gasteiger charge is -2.43. The van der Waals surface area contributed by atoms with Crippen molar-refractivity contribution in [2.45, 2.75) is 96.6 Å². The van der Waals surface area contributed by atoms with Crippen LogP contribution in [0.1, 0.15) is 93.2 Å². The van der Waals surface area contributed by atoms with E-state index >= 15 is 0 Å². The highest BCUT2D eigenvalue weighted by Crippen LogP contribution is 2.48. The molecule has 252 valence electrons. The number of methoxy groups -OCH3 is 1. The molecule has 0 aliphatic carbocycles. The highest BCUT2D eigenvalue weighted by molar-refractivity contribution is 5.90. The number of hydrogen-bond acceptors (Lipinski definition) is 10. The highest BCUT2D eigenvalue weighted by Gasteiger charge is 2.50. The molecule has 10 nitrogen and oxygen atoms in total. The van der Waals surface area contributed by atoms with Gasteiger partial charge in [-0.05, 0) is 88.6 Å². The van der Waals surface area contributed by atoms with Gasteiger partial charge in [0.05, 0.1) is 18.8 Å². The van der Waals surface area contributed by atoms with E-state index in [0.717, 1.165) is 16.7 Å². The first-order valence-electron chi connectivity index (χ1n) is 16.2. The zero-order valence-electron chi connectivity index (χ0n) is 27.7. The molecule has 0 spiro atoms. The molecule has 3 atom stereocenters. The number of carbonyl (C=O) groups excluding carboxylic acids is 2. The minimum Gasteiger partial charge on any atom is -0.483 e. The lowest BCUT2D eigenvalue weighted by molar-refractivity contribution is -0.188. The minimum atomic E-state index is -1.19.